The van der Waals surface area contributed by atoms with E-state index in [1.165, 1.54) is 0 Å². The minimum absolute atomic E-state index is 0.137. The predicted molar refractivity (Wildman–Crippen MR) is 162 cm³/mol. The highest BCUT2D eigenvalue weighted by Crippen LogP contribution is 2.26. The molecule has 2 aromatic carbocycles. The Morgan fingerprint density at radius 3 is 2.77 bits per heavy atom. The SMILES string of the molecule is C[C@H]1CN(c2cccc(OCc3ccc4cnn(C)c4c3)n2)CCN1Cc1nc2ccc(C(=O)O)cc2n1C[C@@H]1CCO1. The number of imidazole rings is 1. The lowest BCUT2D eigenvalue weighted by molar-refractivity contribution is -0.0592. The number of nitrogens with zero attached hydrogens (tertiary/aromatic N) is 7. The first kappa shape index (κ1) is 27.4. The van der Waals surface area contributed by atoms with Gasteiger partial charge in [-0.3, -0.25) is 9.58 Å². The van der Waals surface area contributed by atoms with Crippen molar-refractivity contribution in [1.82, 2.24) is 29.2 Å². The van der Waals surface area contributed by atoms with Gasteiger partial charge in [-0.1, -0.05) is 18.2 Å². The number of hydrogen-bond donors (Lipinski definition) is 1. The topological polar surface area (TPSA) is 111 Å². The summed E-state index contributed by atoms with van der Waals surface area (Å²) in [5, 5.41) is 15.0. The lowest BCUT2D eigenvalue weighted by Crippen LogP contribution is -2.52. The second kappa shape index (κ2) is 11.3. The maximum absolute atomic E-state index is 11.6. The van der Waals surface area contributed by atoms with Crippen LogP contribution >= 0.6 is 0 Å². The van der Waals surface area contributed by atoms with Gasteiger partial charge in [0.2, 0.25) is 5.88 Å². The number of carboxylic acid groups (broad SMARTS) is 1. The maximum Gasteiger partial charge on any atom is 0.335 e. The third kappa shape index (κ3) is 5.53. The first-order valence-electron chi connectivity index (χ1n) is 14.7. The lowest BCUT2D eigenvalue weighted by Gasteiger charge is -2.40. The van der Waals surface area contributed by atoms with E-state index in [1.807, 2.05) is 36.1 Å². The van der Waals surface area contributed by atoms with E-state index < -0.39 is 5.97 Å². The van der Waals surface area contributed by atoms with E-state index in [2.05, 4.69) is 44.6 Å². The van der Waals surface area contributed by atoms with E-state index in [4.69, 9.17) is 19.4 Å². The number of fused-ring (bicyclic) bond motifs is 2. The second-order valence-electron chi connectivity index (χ2n) is 11.5. The van der Waals surface area contributed by atoms with E-state index in [0.717, 1.165) is 71.8 Å². The van der Waals surface area contributed by atoms with Crippen molar-refractivity contribution in [3.8, 4) is 5.88 Å². The highest BCUT2D eigenvalue weighted by molar-refractivity contribution is 5.92. The van der Waals surface area contributed by atoms with Crippen LogP contribution in [0.15, 0.2) is 60.8 Å². The Kier molecular flexibility index (Phi) is 7.20. The van der Waals surface area contributed by atoms with Crippen molar-refractivity contribution < 1.29 is 19.4 Å². The number of anilines is 1. The molecule has 11 nitrogen and oxygen atoms in total. The molecule has 2 saturated heterocycles. The minimum Gasteiger partial charge on any atom is -0.478 e. The second-order valence-corrected chi connectivity index (χ2v) is 11.5. The highest BCUT2D eigenvalue weighted by atomic mass is 16.5. The highest BCUT2D eigenvalue weighted by Gasteiger charge is 2.28. The van der Waals surface area contributed by atoms with Gasteiger partial charge in [0.1, 0.15) is 18.2 Å². The third-order valence-electron chi connectivity index (χ3n) is 8.60. The first-order chi connectivity index (χ1) is 20.9. The molecule has 0 amide bonds. The summed E-state index contributed by atoms with van der Waals surface area (Å²) in [6.45, 7) is 7.28. The number of piperazine rings is 1. The summed E-state index contributed by atoms with van der Waals surface area (Å²) >= 11 is 0. The van der Waals surface area contributed by atoms with Gasteiger partial charge >= 0.3 is 5.97 Å². The van der Waals surface area contributed by atoms with Gasteiger partial charge in [-0.05, 0) is 49.2 Å². The van der Waals surface area contributed by atoms with E-state index in [0.29, 0.717) is 25.6 Å². The number of rotatable bonds is 9. The Morgan fingerprint density at radius 1 is 1.09 bits per heavy atom. The predicted octanol–water partition coefficient (Wildman–Crippen LogP) is 4.09. The van der Waals surface area contributed by atoms with Crippen LogP contribution in [0.1, 0.15) is 35.1 Å². The van der Waals surface area contributed by atoms with Crippen LogP contribution in [0.4, 0.5) is 5.82 Å². The number of aromatic carboxylic acids is 1. The molecule has 2 fully saturated rings. The first-order valence-corrected chi connectivity index (χ1v) is 14.7. The van der Waals surface area contributed by atoms with Crippen LogP contribution in [0.2, 0.25) is 0 Å². The van der Waals surface area contributed by atoms with Gasteiger partial charge in [-0.25, -0.2) is 9.78 Å². The molecule has 0 aliphatic carbocycles. The van der Waals surface area contributed by atoms with E-state index in [1.54, 1.807) is 18.2 Å². The molecule has 2 aliphatic rings. The van der Waals surface area contributed by atoms with Crippen LogP contribution in [0.5, 0.6) is 5.88 Å². The quantitative estimate of drug-likeness (QED) is 0.275. The smallest absolute Gasteiger partial charge is 0.335 e. The summed E-state index contributed by atoms with van der Waals surface area (Å²) in [6, 6.07) is 17.6. The van der Waals surface area contributed by atoms with Crippen molar-refractivity contribution in [1.29, 1.82) is 0 Å². The maximum atomic E-state index is 11.6. The molecule has 0 radical (unpaired) electrons. The third-order valence-corrected chi connectivity index (χ3v) is 8.60. The molecule has 0 bridgehead atoms. The number of carboxylic acids is 1. The van der Waals surface area contributed by atoms with Gasteiger partial charge in [0.05, 0.1) is 47.5 Å². The Balaban J connectivity index is 1.03. The minimum atomic E-state index is -0.935. The lowest BCUT2D eigenvalue weighted by atomic mass is 10.1. The van der Waals surface area contributed by atoms with Gasteiger partial charge in [0.15, 0.2) is 0 Å². The zero-order valence-electron chi connectivity index (χ0n) is 24.4. The number of pyridine rings is 1. The summed E-state index contributed by atoms with van der Waals surface area (Å²) in [5.74, 6) is 1.51. The zero-order valence-corrected chi connectivity index (χ0v) is 24.4. The summed E-state index contributed by atoms with van der Waals surface area (Å²) < 4.78 is 15.8. The van der Waals surface area contributed by atoms with Gasteiger partial charge in [-0.2, -0.15) is 10.1 Å². The fourth-order valence-corrected chi connectivity index (χ4v) is 5.98. The fourth-order valence-electron chi connectivity index (χ4n) is 5.98. The molecule has 11 heteroatoms. The van der Waals surface area contributed by atoms with Crippen molar-refractivity contribution in [2.24, 2.45) is 7.05 Å². The standard InChI is InChI=1S/C32H35N7O4/c1-21-17-38(29-4-3-5-31(35-29)43-20-22-6-7-24-16-33-36(2)27(24)14-22)12-11-37(21)19-30-34-26-9-8-23(32(40)41)15-28(26)39(30)18-25-10-13-42-25/h3-9,14-16,21,25H,10-13,17-20H2,1-2H3,(H,40,41)/t21-,25-/m0/s1. The molecule has 222 valence electrons. The molecular weight excluding hydrogens is 546 g/mol. The number of aromatic nitrogens is 5. The largest absolute Gasteiger partial charge is 0.478 e. The van der Waals surface area contributed by atoms with Crippen molar-refractivity contribution in [3.05, 3.63) is 77.7 Å². The molecule has 2 aliphatic heterocycles. The van der Waals surface area contributed by atoms with E-state index >= 15 is 0 Å². The molecule has 5 heterocycles. The van der Waals surface area contributed by atoms with Crippen molar-refractivity contribution in [3.63, 3.8) is 0 Å². The summed E-state index contributed by atoms with van der Waals surface area (Å²) in [5.41, 5.74) is 4.07. The molecule has 7 rings (SSSR count). The average Bonchev–Trinajstić information content (AvgIpc) is 3.53. The van der Waals surface area contributed by atoms with Gasteiger partial charge in [0, 0.05) is 50.8 Å². The molecule has 2 atom stereocenters. The van der Waals surface area contributed by atoms with Crippen LogP contribution in [-0.4, -0.2) is 78.7 Å². The zero-order chi connectivity index (χ0) is 29.5. The van der Waals surface area contributed by atoms with Crippen molar-refractivity contribution in [2.75, 3.05) is 31.1 Å². The van der Waals surface area contributed by atoms with Crippen LogP contribution in [0, 0.1) is 0 Å². The van der Waals surface area contributed by atoms with Crippen molar-refractivity contribution in [2.45, 2.75) is 45.2 Å². The van der Waals surface area contributed by atoms with Crippen molar-refractivity contribution >= 4 is 33.7 Å². The van der Waals surface area contributed by atoms with Crippen LogP contribution < -0.4 is 9.64 Å². The van der Waals surface area contributed by atoms with E-state index in [9.17, 15) is 9.90 Å². The van der Waals surface area contributed by atoms with Crippen LogP contribution in [0.3, 0.4) is 0 Å². The molecule has 43 heavy (non-hydrogen) atoms. The molecule has 0 saturated carbocycles. The molecule has 0 spiro atoms. The summed E-state index contributed by atoms with van der Waals surface area (Å²) in [7, 11) is 1.94. The number of hydrogen-bond acceptors (Lipinski definition) is 8. The molecule has 0 unspecified atom stereocenters. The van der Waals surface area contributed by atoms with E-state index in [-0.39, 0.29) is 17.7 Å². The Labute approximate surface area is 249 Å². The number of benzene rings is 2. The number of carbonyl (C=O) groups is 1. The monoisotopic (exact) mass is 581 g/mol. The molecular formula is C32H35N7O4. The fraction of sp³-hybridized carbons (Fsp3) is 0.375. The Bertz CT molecular complexity index is 1790. The van der Waals surface area contributed by atoms with Crippen LogP contribution in [-0.2, 0) is 31.5 Å². The average molecular weight is 582 g/mol. The molecule has 1 N–H and O–H groups in total. The Morgan fingerprint density at radius 2 is 1.98 bits per heavy atom. The van der Waals surface area contributed by atoms with Crippen LogP contribution in [0.25, 0.3) is 21.9 Å². The molecule has 5 aromatic rings. The normalized spacial score (nSPS) is 19.2. The van der Waals surface area contributed by atoms with Gasteiger partial charge in [0.25, 0.3) is 0 Å². The van der Waals surface area contributed by atoms with Gasteiger partial charge in [-0.15, -0.1) is 0 Å². The van der Waals surface area contributed by atoms with Gasteiger partial charge < -0.3 is 24.0 Å². The number of aryl methyl sites for hydroxylation is 1. The number of ether oxygens (including phenoxy) is 2. The Hall–Kier alpha value is -4.48. The molecule has 3 aromatic heterocycles. The summed E-state index contributed by atoms with van der Waals surface area (Å²) in [6.07, 6.45) is 3.00. The summed E-state index contributed by atoms with van der Waals surface area (Å²) in [4.78, 5) is 26.1.